The Hall–Kier alpha value is -2.77. The van der Waals surface area contributed by atoms with Crippen molar-refractivity contribution in [1.29, 1.82) is 0 Å². The number of ether oxygens (including phenoxy) is 6. The van der Waals surface area contributed by atoms with Crippen LogP contribution < -0.4 is 10.1 Å². The maximum absolute atomic E-state index is 12.9. The zero-order valence-corrected chi connectivity index (χ0v) is 21.9. The van der Waals surface area contributed by atoms with E-state index in [1.165, 1.54) is 26.2 Å². The van der Waals surface area contributed by atoms with Crippen LogP contribution in [0.1, 0.15) is 35.7 Å². The summed E-state index contributed by atoms with van der Waals surface area (Å²) in [6.45, 7) is 3.85. The lowest BCUT2D eigenvalue weighted by Crippen LogP contribution is -2.44. The average Bonchev–Trinajstić information content (AvgIpc) is 2.86. The molecule has 0 radical (unpaired) electrons. The summed E-state index contributed by atoms with van der Waals surface area (Å²) in [5.41, 5.74) is 0.685. The van der Waals surface area contributed by atoms with Crippen LogP contribution in [0.4, 0.5) is 0 Å². The normalized spacial score (nSPS) is 19.4. The molecular weight excluding hydrogens is 488 g/mol. The number of hydrogen-bond acceptors (Lipinski definition) is 11. The number of nitrogens with one attached hydrogen (secondary N) is 1. The molecule has 0 spiro atoms. The first-order chi connectivity index (χ1) is 17.7. The van der Waals surface area contributed by atoms with Crippen molar-refractivity contribution in [1.82, 2.24) is 10.2 Å². The molecule has 1 heterocycles. The van der Waals surface area contributed by atoms with Gasteiger partial charge in [0.05, 0.1) is 45.7 Å². The summed E-state index contributed by atoms with van der Waals surface area (Å²) in [6.07, 6.45) is -2.32. The SMILES string of the molecule is COC(=O)C1CC(OC(C)=O)CC(Oc2ccc(CO)cc2C(=O)NCCOCCOCCN(C)C)O1. The van der Waals surface area contributed by atoms with Crippen LogP contribution in [0, 0.1) is 0 Å². The van der Waals surface area contributed by atoms with Crippen molar-refractivity contribution in [2.45, 2.75) is 44.9 Å². The summed E-state index contributed by atoms with van der Waals surface area (Å²) in [5, 5.41) is 12.3. The zero-order chi connectivity index (χ0) is 27.2. The fourth-order valence-electron chi connectivity index (χ4n) is 3.53. The molecule has 208 valence electrons. The van der Waals surface area contributed by atoms with Crippen molar-refractivity contribution in [2.24, 2.45) is 0 Å². The molecule has 3 atom stereocenters. The highest BCUT2D eigenvalue weighted by molar-refractivity contribution is 5.97. The van der Waals surface area contributed by atoms with E-state index in [0.29, 0.717) is 25.4 Å². The lowest BCUT2D eigenvalue weighted by Gasteiger charge is -2.33. The molecule has 1 fully saturated rings. The fourth-order valence-corrected chi connectivity index (χ4v) is 3.53. The molecule has 2 rings (SSSR count). The highest BCUT2D eigenvalue weighted by Crippen LogP contribution is 2.28. The highest BCUT2D eigenvalue weighted by Gasteiger charge is 2.37. The van der Waals surface area contributed by atoms with E-state index in [1.807, 2.05) is 19.0 Å². The van der Waals surface area contributed by atoms with Crippen molar-refractivity contribution >= 4 is 17.8 Å². The molecule has 0 bridgehead atoms. The molecule has 1 aliphatic heterocycles. The molecule has 0 aliphatic carbocycles. The van der Waals surface area contributed by atoms with Crippen LogP contribution >= 0.6 is 0 Å². The monoisotopic (exact) mass is 526 g/mol. The number of benzene rings is 1. The number of carbonyl (C=O) groups excluding carboxylic acids is 3. The second-order valence-corrected chi connectivity index (χ2v) is 8.67. The van der Waals surface area contributed by atoms with Gasteiger partial charge in [-0.1, -0.05) is 6.07 Å². The Morgan fingerprint density at radius 2 is 1.84 bits per heavy atom. The minimum atomic E-state index is -0.994. The molecule has 3 unspecified atom stereocenters. The molecular formula is C25H38N2O10. The molecule has 1 aromatic carbocycles. The van der Waals surface area contributed by atoms with Gasteiger partial charge in [-0.15, -0.1) is 0 Å². The quantitative estimate of drug-likeness (QED) is 0.244. The molecule has 12 nitrogen and oxygen atoms in total. The smallest absolute Gasteiger partial charge is 0.335 e. The van der Waals surface area contributed by atoms with Gasteiger partial charge in [0.1, 0.15) is 11.9 Å². The van der Waals surface area contributed by atoms with Crippen molar-refractivity contribution < 1.29 is 47.9 Å². The lowest BCUT2D eigenvalue weighted by molar-refractivity contribution is -0.204. The van der Waals surface area contributed by atoms with Crippen LogP contribution in [0.3, 0.4) is 0 Å². The van der Waals surface area contributed by atoms with Crippen LogP contribution in [0.25, 0.3) is 0 Å². The van der Waals surface area contributed by atoms with Crippen LogP contribution in [-0.2, 0) is 39.9 Å². The number of amides is 1. The third-order valence-electron chi connectivity index (χ3n) is 5.36. The highest BCUT2D eigenvalue weighted by atomic mass is 16.7. The van der Waals surface area contributed by atoms with Crippen molar-refractivity contribution in [3.63, 3.8) is 0 Å². The summed E-state index contributed by atoms with van der Waals surface area (Å²) in [6, 6.07) is 4.65. The van der Waals surface area contributed by atoms with Gasteiger partial charge in [0, 0.05) is 32.9 Å². The first-order valence-corrected chi connectivity index (χ1v) is 12.1. The van der Waals surface area contributed by atoms with Gasteiger partial charge in [-0.05, 0) is 31.8 Å². The van der Waals surface area contributed by atoms with Crippen LogP contribution in [0.5, 0.6) is 5.75 Å². The summed E-state index contributed by atoms with van der Waals surface area (Å²) in [7, 11) is 5.17. The van der Waals surface area contributed by atoms with E-state index in [9.17, 15) is 19.5 Å². The molecule has 1 aromatic rings. The third-order valence-corrected chi connectivity index (χ3v) is 5.36. The van der Waals surface area contributed by atoms with Gasteiger partial charge in [0.2, 0.25) is 6.29 Å². The number of aliphatic hydroxyl groups is 1. The molecule has 1 aliphatic rings. The standard InChI is InChI=1S/C25H38N2O10/c1-17(29)35-19-14-22(25(31)32-4)37-23(15-19)36-21-6-5-18(16-28)13-20(21)24(30)26-7-9-33-11-12-34-10-8-27(2)3/h5-6,13,19,22-23,28H,7-12,14-16H2,1-4H3,(H,26,30). The fraction of sp³-hybridized carbons (Fsp3) is 0.640. The minimum absolute atomic E-state index is 0.129. The number of hydrogen-bond donors (Lipinski definition) is 2. The lowest BCUT2D eigenvalue weighted by atomic mass is 10.0. The van der Waals surface area contributed by atoms with E-state index < -0.39 is 36.3 Å². The Labute approximate surface area is 217 Å². The van der Waals surface area contributed by atoms with Crippen molar-refractivity contribution in [2.75, 3.05) is 60.7 Å². The average molecular weight is 527 g/mol. The van der Waals surface area contributed by atoms with Crippen LogP contribution in [-0.4, -0.2) is 107 Å². The molecule has 2 N–H and O–H groups in total. The van der Waals surface area contributed by atoms with E-state index in [4.69, 9.17) is 28.4 Å². The van der Waals surface area contributed by atoms with Gasteiger partial charge in [-0.3, -0.25) is 9.59 Å². The van der Waals surface area contributed by atoms with Gasteiger partial charge < -0.3 is 43.7 Å². The Morgan fingerprint density at radius 3 is 2.49 bits per heavy atom. The number of methoxy groups -OCH3 is 1. The van der Waals surface area contributed by atoms with E-state index in [-0.39, 0.29) is 43.9 Å². The van der Waals surface area contributed by atoms with Gasteiger partial charge >= 0.3 is 11.9 Å². The zero-order valence-electron chi connectivity index (χ0n) is 21.9. The van der Waals surface area contributed by atoms with Gasteiger partial charge in [-0.25, -0.2) is 4.79 Å². The van der Waals surface area contributed by atoms with Gasteiger partial charge in [0.15, 0.2) is 6.10 Å². The largest absolute Gasteiger partial charge is 0.467 e. The first kappa shape index (κ1) is 30.5. The summed E-state index contributed by atoms with van der Waals surface area (Å²) >= 11 is 0. The number of nitrogens with zero attached hydrogens (tertiary/aromatic N) is 1. The van der Waals surface area contributed by atoms with Crippen LogP contribution in [0.2, 0.25) is 0 Å². The molecule has 1 amide bonds. The predicted molar refractivity (Wildman–Crippen MR) is 131 cm³/mol. The van der Waals surface area contributed by atoms with Gasteiger partial charge in [-0.2, -0.15) is 0 Å². The molecule has 1 saturated heterocycles. The predicted octanol–water partition coefficient (Wildman–Crippen LogP) is 0.492. The second kappa shape index (κ2) is 16.2. The molecule has 37 heavy (non-hydrogen) atoms. The molecule has 12 heteroatoms. The second-order valence-electron chi connectivity index (χ2n) is 8.67. The molecule has 0 aromatic heterocycles. The Kier molecular flexibility index (Phi) is 13.3. The van der Waals surface area contributed by atoms with Gasteiger partial charge in [0.25, 0.3) is 5.91 Å². The Morgan fingerprint density at radius 1 is 1.11 bits per heavy atom. The minimum Gasteiger partial charge on any atom is -0.467 e. The first-order valence-electron chi connectivity index (χ1n) is 12.1. The number of rotatable bonds is 15. The summed E-state index contributed by atoms with van der Waals surface area (Å²) < 4.78 is 32.6. The third kappa shape index (κ3) is 11.0. The van der Waals surface area contributed by atoms with E-state index in [1.54, 1.807) is 6.07 Å². The maximum Gasteiger partial charge on any atom is 0.335 e. The summed E-state index contributed by atoms with van der Waals surface area (Å²) in [5.74, 6) is -1.37. The van der Waals surface area contributed by atoms with Crippen molar-refractivity contribution in [3.05, 3.63) is 29.3 Å². The van der Waals surface area contributed by atoms with E-state index in [0.717, 1.165) is 6.54 Å². The topological polar surface area (TPSA) is 142 Å². The van der Waals surface area contributed by atoms with Crippen molar-refractivity contribution in [3.8, 4) is 5.75 Å². The number of carbonyl (C=O) groups is 3. The number of esters is 2. The number of likely N-dealkylation sites (N-methyl/N-ethyl adjacent to an activating group) is 1. The summed E-state index contributed by atoms with van der Waals surface area (Å²) in [4.78, 5) is 38.5. The maximum atomic E-state index is 12.9. The molecule has 0 saturated carbocycles. The Balaban J connectivity index is 1.96. The number of aliphatic hydroxyl groups excluding tert-OH is 1. The van der Waals surface area contributed by atoms with Crippen LogP contribution in [0.15, 0.2) is 18.2 Å². The van der Waals surface area contributed by atoms with E-state index >= 15 is 0 Å². The Bertz CT molecular complexity index is 879. The van der Waals surface area contributed by atoms with E-state index in [2.05, 4.69) is 5.32 Å².